The average Bonchev–Trinajstić information content (AvgIpc) is 2.24. The molecule has 0 radical (unpaired) electrons. The van der Waals surface area contributed by atoms with Crippen LogP contribution in [0.4, 0.5) is 13.2 Å². The highest BCUT2D eigenvalue weighted by Gasteiger charge is 2.42. The van der Waals surface area contributed by atoms with Crippen LogP contribution in [-0.4, -0.2) is 23.4 Å². The van der Waals surface area contributed by atoms with Gasteiger partial charge < -0.3 is 9.84 Å². The van der Waals surface area contributed by atoms with Crippen molar-refractivity contribution in [1.29, 1.82) is 0 Å². The van der Waals surface area contributed by atoms with Gasteiger partial charge in [0.2, 0.25) is 0 Å². The van der Waals surface area contributed by atoms with E-state index < -0.39 is 31.3 Å². The molecule has 3 nitrogen and oxygen atoms in total. The fraction of sp³-hybridized carbons (Fsp3) is 0.364. The Morgan fingerprint density at radius 2 is 2.00 bits per heavy atom. The van der Waals surface area contributed by atoms with Gasteiger partial charge in [0.05, 0.1) is 13.0 Å². The van der Waals surface area contributed by atoms with Gasteiger partial charge in [0, 0.05) is 5.02 Å². The highest BCUT2D eigenvalue weighted by Crippen LogP contribution is 2.27. The molecule has 0 aliphatic heterocycles. The first kappa shape index (κ1) is 14.8. The number of carboxylic acid groups (broad SMARTS) is 1. The maximum absolute atomic E-state index is 12.5. The Bertz CT molecular complexity index is 420. The van der Waals surface area contributed by atoms with Gasteiger partial charge >= 0.3 is 12.1 Å². The standard InChI is InChI=1S/C11H10ClF3O3/c12-8-4-2-1-3-7(8)6-18-9(5-10(16)17)11(13,14)15/h1-4,9H,5-6H2,(H,16,17). The average molecular weight is 283 g/mol. The smallest absolute Gasteiger partial charge is 0.415 e. The first-order chi connectivity index (χ1) is 8.30. The summed E-state index contributed by atoms with van der Waals surface area (Å²) in [7, 11) is 0. The lowest BCUT2D eigenvalue weighted by atomic mass is 10.2. The zero-order chi connectivity index (χ0) is 13.8. The Morgan fingerprint density at radius 1 is 1.39 bits per heavy atom. The van der Waals surface area contributed by atoms with Crippen LogP contribution in [0.1, 0.15) is 12.0 Å². The molecular formula is C11H10ClF3O3. The predicted octanol–water partition coefficient (Wildman–Crippen LogP) is 3.26. The van der Waals surface area contributed by atoms with Crippen molar-refractivity contribution >= 4 is 17.6 Å². The van der Waals surface area contributed by atoms with Gasteiger partial charge in [-0.25, -0.2) is 0 Å². The molecular weight excluding hydrogens is 273 g/mol. The Labute approximate surface area is 106 Å². The summed E-state index contributed by atoms with van der Waals surface area (Å²) in [6.45, 7) is -0.392. The van der Waals surface area contributed by atoms with E-state index in [4.69, 9.17) is 16.7 Å². The van der Waals surface area contributed by atoms with Gasteiger partial charge in [-0.1, -0.05) is 29.8 Å². The summed E-state index contributed by atoms with van der Waals surface area (Å²) in [5.74, 6) is -1.57. The minimum Gasteiger partial charge on any atom is -0.481 e. The summed E-state index contributed by atoms with van der Waals surface area (Å²) < 4.78 is 42.0. The Balaban J connectivity index is 2.68. The molecule has 1 N–H and O–H groups in total. The first-order valence-corrected chi connectivity index (χ1v) is 5.32. The molecule has 0 saturated heterocycles. The molecule has 0 heterocycles. The maximum Gasteiger partial charge on any atom is 0.415 e. The van der Waals surface area contributed by atoms with E-state index in [1.54, 1.807) is 12.1 Å². The minimum atomic E-state index is -4.72. The number of halogens is 4. The number of carboxylic acids is 1. The summed E-state index contributed by atoms with van der Waals surface area (Å²) in [6, 6.07) is 6.26. The van der Waals surface area contributed by atoms with Gasteiger partial charge in [-0.2, -0.15) is 13.2 Å². The molecule has 0 aromatic heterocycles. The lowest BCUT2D eigenvalue weighted by molar-refractivity contribution is -0.227. The van der Waals surface area contributed by atoms with E-state index in [9.17, 15) is 18.0 Å². The van der Waals surface area contributed by atoms with E-state index in [1.165, 1.54) is 12.1 Å². The number of rotatable bonds is 5. The van der Waals surface area contributed by atoms with Gasteiger partial charge in [0.15, 0.2) is 6.10 Å². The summed E-state index contributed by atoms with van der Waals surface area (Å²) in [6.07, 6.45) is -8.19. The third-order valence-corrected chi connectivity index (χ3v) is 2.49. The molecule has 18 heavy (non-hydrogen) atoms. The van der Waals surface area contributed by atoms with Gasteiger partial charge in [-0.15, -0.1) is 0 Å². The molecule has 1 unspecified atom stereocenters. The first-order valence-electron chi connectivity index (χ1n) is 4.94. The Kier molecular flexibility index (Phi) is 4.98. The molecule has 0 spiro atoms. The van der Waals surface area contributed by atoms with E-state index in [-0.39, 0.29) is 5.02 Å². The fourth-order valence-electron chi connectivity index (χ4n) is 1.23. The van der Waals surface area contributed by atoms with Crippen LogP contribution in [0.25, 0.3) is 0 Å². The third-order valence-electron chi connectivity index (χ3n) is 2.12. The van der Waals surface area contributed by atoms with E-state index in [0.29, 0.717) is 5.56 Å². The molecule has 0 aliphatic rings. The number of ether oxygens (including phenoxy) is 1. The van der Waals surface area contributed by atoms with Gasteiger partial charge in [-0.3, -0.25) is 4.79 Å². The van der Waals surface area contributed by atoms with E-state index >= 15 is 0 Å². The van der Waals surface area contributed by atoms with Crippen LogP contribution in [0.15, 0.2) is 24.3 Å². The predicted molar refractivity (Wildman–Crippen MR) is 58.3 cm³/mol. The number of hydrogen-bond acceptors (Lipinski definition) is 2. The third kappa shape index (κ3) is 4.54. The molecule has 0 fully saturated rings. The lowest BCUT2D eigenvalue weighted by Crippen LogP contribution is -2.33. The van der Waals surface area contributed by atoms with Crippen LogP contribution < -0.4 is 0 Å². The number of hydrogen-bond donors (Lipinski definition) is 1. The van der Waals surface area contributed by atoms with Crippen molar-refractivity contribution in [1.82, 2.24) is 0 Å². The molecule has 0 saturated carbocycles. The van der Waals surface area contributed by atoms with Crippen LogP contribution in [0.3, 0.4) is 0 Å². The second kappa shape index (κ2) is 6.06. The lowest BCUT2D eigenvalue weighted by Gasteiger charge is -2.19. The zero-order valence-corrected chi connectivity index (χ0v) is 9.83. The fourth-order valence-corrected chi connectivity index (χ4v) is 1.42. The number of aliphatic carboxylic acids is 1. The summed E-state index contributed by atoms with van der Waals surface area (Å²) in [4.78, 5) is 10.3. The van der Waals surface area contributed by atoms with Crippen LogP contribution in [0.5, 0.6) is 0 Å². The van der Waals surface area contributed by atoms with E-state index in [1.807, 2.05) is 0 Å². The molecule has 1 aromatic carbocycles. The molecule has 1 rings (SSSR count). The Morgan fingerprint density at radius 3 is 2.50 bits per heavy atom. The zero-order valence-electron chi connectivity index (χ0n) is 9.08. The monoisotopic (exact) mass is 282 g/mol. The molecule has 0 aliphatic carbocycles. The maximum atomic E-state index is 12.5. The normalized spacial score (nSPS) is 13.3. The van der Waals surface area contributed by atoms with Crippen LogP contribution >= 0.6 is 11.6 Å². The molecule has 0 bridgehead atoms. The summed E-state index contributed by atoms with van der Waals surface area (Å²) >= 11 is 5.75. The highest BCUT2D eigenvalue weighted by molar-refractivity contribution is 6.31. The van der Waals surface area contributed by atoms with Gasteiger partial charge in [-0.05, 0) is 11.6 Å². The summed E-state index contributed by atoms with van der Waals surface area (Å²) in [5, 5.41) is 8.66. The van der Waals surface area contributed by atoms with Crippen molar-refractivity contribution in [3.05, 3.63) is 34.9 Å². The van der Waals surface area contributed by atoms with Crippen LogP contribution in [-0.2, 0) is 16.1 Å². The number of benzene rings is 1. The second-order valence-electron chi connectivity index (χ2n) is 3.53. The topological polar surface area (TPSA) is 46.5 Å². The second-order valence-corrected chi connectivity index (χ2v) is 3.94. The SMILES string of the molecule is O=C(O)CC(OCc1ccccc1Cl)C(F)(F)F. The molecule has 7 heteroatoms. The van der Waals surface area contributed by atoms with E-state index in [2.05, 4.69) is 4.74 Å². The van der Waals surface area contributed by atoms with Crippen molar-refractivity contribution in [2.45, 2.75) is 25.3 Å². The number of carbonyl (C=O) groups is 1. The van der Waals surface area contributed by atoms with Crippen molar-refractivity contribution in [2.24, 2.45) is 0 Å². The van der Waals surface area contributed by atoms with Crippen molar-refractivity contribution < 1.29 is 27.8 Å². The van der Waals surface area contributed by atoms with Crippen molar-refractivity contribution in [3.8, 4) is 0 Å². The molecule has 1 atom stereocenters. The van der Waals surface area contributed by atoms with Gasteiger partial charge in [0.1, 0.15) is 0 Å². The number of alkyl halides is 3. The quantitative estimate of drug-likeness (QED) is 0.901. The molecule has 1 aromatic rings. The highest BCUT2D eigenvalue weighted by atomic mass is 35.5. The summed E-state index contributed by atoms with van der Waals surface area (Å²) in [5.41, 5.74) is 0.374. The van der Waals surface area contributed by atoms with Crippen LogP contribution in [0, 0.1) is 0 Å². The minimum absolute atomic E-state index is 0.272. The van der Waals surface area contributed by atoms with Crippen LogP contribution in [0.2, 0.25) is 5.02 Å². The molecule has 0 amide bonds. The Hall–Kier alpha value is -1.27. The molecule has 100 valence electrons. The van der Waals surface area contributed by atoms with Crippen molar-refractivity contribution in [2.75, 3.05) is 0 Å². The van der Waals surface area contributed by atoms with E-state index in [0.717, 1.165) is 0 Å². The van der Waals surface area contributed by atoms with Crippen molar-refractivity contribution in [3.63, 3.8) is 0 Å². The largest absolute Gasteiger partial charge is 0.481 e. The van der Waals surface area contributed by atoms with Gasteiger partial charge in [0.25, 0.3) is 0 Å².